The van der Waals surface area contributed by atoms with Crippen LogP contribution in [0.4, 0.5) is 0 Å². The number of nitrogens with zero attached hydrogens (tertiary/aromatic N) is 4. The van der Waals surface area contributed by atoms with Crippen molar-refractivity contribution in [3.8, 4) is 0 Å². The van der Waals surface area contributed by atoms with Crippen molar-refractivity contribution < 1.29 is 14.5 Å². The lowest BCUT2D eigenvalue weighted by Gasteiger charge is -2.33. The van der Waals surface area contributed by atoms with Crippen LogP contribution in [0.5, 0.6) is 0 Å². The highest BCUT2D eigenvalue weighted by atomic mass is 16.6. The molecule has 1 aliphatic heterocycles. The largest absolute Gasteiger partial charge is 0.342 e. The first-order valence-corrected chi connectivity index (χ1v) is 7.09. The maximum atomic E-state index is 12.3. The summed E-state index contributed by atoms with van der Waals surface area (Å²) in [4.78, 5) is 47.2. The third kappa shape index (κ3) is 4.34. The Kier molecular flexibility index (Phi) is 6.61. The third-order valence-electron chi connectivity index (χ3n) is 3.77. The van der Waals surface area contributed by atoms with E-state index in [9.17, 15) is 24.6 Å². The lowest BCUT2D eigenvalue weighted by atomic mass is 10.0. The number of nitroso groups, excluding NO2 is 1. The molecule has 0 bridgehead atoms. The molecule has 9 nitrogen and oxygen atoms in total. The number of carbonyl (C=O) groups excluding carboxylic acids is 2. The summed E-state index contributed by atoms with van der Waals surface area (Å²) in [5.41, 5.74) is 0.398. The molecule has 0 aromatic heterocycles. The van der Waals surface area contributed by atoms with Gasteiger partial charge in [-0.25, -0.2) is 0 Å². The van der Waals surface area contributed by atoms with Gasteiger partial charge in [-0.05, 0) is 12.5 Å². The fraction of sp³-hybridized carbons (Fsp3) is 0.692. The summed E-state index contributed by atoms with van der Waals surface area (Å²) in [7, 11) is 0. The van der Waals surface area contributed by atoms with Gasteiger partial charge in [-0.1, -0.05) is 12.1 Å². The van der Waals surface area contributed by atoms with Gasteiger partial charge in [-0.15, -0.1) is 4.91 Å². The van der Waals surface area contributed by atoms with E-state index in [4.69, 9.17) is 0 Å². The normalized spacial score (nSPS) is 18.5. The Morgan fingerprint density at radius 1 is 1.36 bits per heavy atom. The van der Waals surface area contributed by atoms with Crippen LogP contribution in [0.2, 0.25) is 0 Å². The van der Waals surface area contributed by atoms with Crippen molar-refractivity contribution in [1.29, 1.82) is 0 Å². The van der Waals surface area contributed by atoms with Gasteiger partial charge in [0, 0.05) is 43.6 Å². The van der Waals surface area contributed by atoms with E-state index < -0.39 is 22.9 Å². The van der Waals surface area contributed by atoms with Crippen LogP contribution < -0.4 is 0 Å². The van der Waals surface area contributed by atoms with Gasteiger partial charge in [0.1, 0.15) is 0 Å². The van der Waals surface area contributed by atoms with Crippen molar-refractivity contribution in [2.45, 2.75) is 32.4 Å². The Balaban J connectivity index is 2.82. The Morgan fingerprint density at radius 3 is 2.36 bits per heavy atom. The predicted molar refractivity (Wildman–Crippen MR) is 78.6 cm³/mol. The monoisotopic (exact) mass is 312 g/mol. The maximum Gasteiger partial charge on any atom is 0.255 e. The van der Waals surface area contributed by atoms with Crippen LogP contribution in [0.3, 0.4) is 0 Å². The SMILES string of the molecule is CCC(=CC(N=O)C(=O)N1CCN(C=O)CC1)C(C)[N+](=O)[O-]. The molecule has 1 fully saturated rings. The van der Waals surface area contributed by atoms with Crippen LogP contribution in [0.1, 0.15) is 20.3 Å². The van der Waals surface area contributed by atoms with Gasteiger partial charge in [0.2, 0.25) is 12.5 Å². The molecule has 9 heteroatoms. The van der Waals surface area contributed by atoms with Gasteiger partial charge in [-0.2, -0.15) is 0 Å². The topological polar surface area (TPSA) is 113 Å². The molecule has 0 saturated carbocycles. The van der Waals surface area contributed by atoms with Crippen molar-refractivity contribution >= 4 is 12.3 Å². The van der Waals surface area contributed by atoms with Crippen LogP contribution in [0, 0.1) is 15.0 Å². The molecule has 1 rings (SSSR count). The van der Waals surface area contributed by atoms with Crippen LogP contribution in [-0.2, 0) is 9.59 Å². The second kappa shape index (κ2) is 8.20. The van der Waals surface area contributed by atoms with Crippen LogP contribution in [-0.4, -0.2) is 65.3 Å². The molecule has 2 amide bonds. The molecule has 2 unspecified atom stereocenters. The van der Waals surface area contributed by atoms with Gasteiger partial charge in [-0.3, -0.25) is 19.7 Å². The molecule has 2 atom stereocenters. The fourth-order valence-corrected chi connectivity index (χ4v) is 2.27. The predicted octanol–water partition coefficient (Wildman–Crippen LogP) is 0.424. The van der Waals surface area contributed by atoms with E-state index in [1.807, 2.05) is 0 Å². The van der Waals surface area contributed by atoms with E-state index in [2.05, 4.69) is 5.18 Å². The minimum absolute atomic E-state index is 0.323. The molecule has 0 aromatic rings. The molecule has 0 N–H and O–H groups in total. The molecule has 1 heterocycles. The lowest BCUT2D eigenvalue weighted by molar-refractivity contribution is -0.508. The highest BCUT2D eigenvalue weighted by Gasteiger charge is 2.28. The Morgan fingerprint density at radius 2 is 1.95 bits per heavy atom. The molecule has 1 saturated heterocycles. The number of carbonyl (C=O) groups is 2. The zero-order chi connectivity index (χ0) is 16.7. The maximum absolute atomic E-state index is 12.3. The van der Waals surface area contributed by atoms with Crippen molar-refractivity contribution in [2.75, 3.05) is 26.2 Å². The average Bonchev–Trinajstić information content (AvgIpc) is 2.55. The quantitative estimate of drug-likeness (QED) is 0.222. The molecular formula is C13H20N4O5. The fourth-order valence-electron chi connectivity index (χ4n) is 2.27. The Bertz CT molecular complexity index is 471. The second-order valence-electron chi connectivity index (χ2n) is 5.07. The first-order chi connectivity index (χ1) is 10.4. The van der Waals surface area contributed by atoms with E-state index in [1.54, 1.807) is 6.92 Å². The zero-order valence-electron chi connectivity index (χ0n) is 12.7. The van der Waals surface area contributed by atoms with E-state index in [0.717, 1.165) is 0 Å². The van der Waals surface area contributed by atoms with Gasteiger partial charge in [0.15, 0.2) is 6.04 Å². The van der Waals surface area contributed by atoms with Crippen LogP contribution in [0.25, 0.3) is 0 Å². The van der Waals surface area contributed by atoms with Crippen LogP contribution in [0.15, 0.2) is 16.8 Å². The summed E-state index contributed by atoms with van der Waals surface area (Å²) in [5, 5.41) is 13.6. The Labute approximate surface area is 128 Å². The number of hydrogen-bond donors (Lipinski definition) is 0. The third-order valence-corrected chi connectivity index (χ3v) is 3.77. The summed E-state index contributed by atoms with van der Waals surface area (Å²) < 4.78 is 0. The minimum Gasteiger partial charge on any atom is -0.342 e. The molecule has 0 aliphatic carbocycles. The molecule has 1 aliphatic rings. The van der Waals surface area contributed by atoms with E-state index >= 15 is 0 Å². The molecule has 22 heavy (non-hydrogen) atoms. The lowest BCUT2D eigenvalue weighted by Crippen LogP contribution is -2.50. The number of hydrogen-bond acceptors (Lipinski definition) is 6. The van der Waals surface area contributed by atoms with Crippen molar-refractivity contribution in [1.82, 2.24) is 9.80 Å². The van der Waals surface area contributed by atoms with E-state index in [1.165, 1.54) is 22.8 Å². The zero-order valence-corrected chi connectivity index (χ0v) is 12.7. The van der Waals surface area contributed by atoms with Crippen molar-refractivity contribution in [2.24, 2.45) is 5.18 Å². The van der Waals surface area contributed by atoms with E-state index in [0.29, 0.717) is 44.6 Å². The summed E-state index contributed by atoms with van der Waals surface area (Å²) >= 11 is 0. The Hall–Kier alpha value is -2.32. The summed E-state index contributed by atoms with van der Waals surface area (Å²) in [5.74, 6) is -0.484. The summed E-state index contributed by atoms with van der Waals surface area (Å²) in [6.07, 6.45) is 2.36. The van der Waals surface area contributed by atoms with Gasteiger partial charge in [0.05, 0.1) is 0 Å². The smallest absolute Gasteiger partial charge is 0.255 e. The van der Waals surface area contributed by atoms with Crippen LogP contribution >= 0.6 is 0 Å². The van der Waals surface area contributed by atoms with Gasteiger partial charge >= 0.3 is 0 Å². The van der Waals surface area contributed by atoms with Crippen molar-refractivity contribution in [3.63, 3.8) is 0 Å². The highest BCUT2D eigenvalue weighted by Crippen LogP contribution is 2.14. The molecule has 122 valence electrons. The number of nitro groups is 1. The number of amides is 2. The van der Waals surface area contributed by atoms with Gasteiger partial charge in [0.25, 0.3) is 5.91 Å². The minimum atomic E-state index is -1.26. The number of rotatable bonds is 7. The summed E-state index contributed by atoms with van der Waals surface area (Å²) in [6, 6.07) is -2.23. The highest BCUT2D eigenvalue weighted by molar-refractivity contribution is 5.84. The first-order valence-electron chi connectivity index (χ1n) is 7.09. The van der Waals surface area contributed by atoms with Gasteiger partial charge < -0.3 is 9.80 Å². The molecule has 0 radical (unpaired) electrons. The van der Waals surface area contributed by atoms with Crippen molar-refractivity contribution in [3.05, 3.63) is 26.7 Å². The average molecular weight is 312 g/mol. The first kappa shape index (κ1) is 17.7. The molecule has 0 spiro atoms. The number of piperazine rings is 1. The second-order valence-corrected chi connectivity index (χ2v) is 5.07. The standard InChI is InChI=1S/C13H20N4O5/c1-3-11(10(2)17(21)22)8-12(14-20)13(19)16-6-4-15(9-18)5-7-16/h8-10,12H,3-7H2,1-2H3. The molecule has 0 aromatic carbocycles. The summed E-state index contributed by atoms with van der Waals surface area (Å²) in [6.45, 7) is 4.58. The molecular weight excluding hydrogens is 292 g/mol. The van der Waals surface area contributed by atoms with E-state index in [-0.39, 0.29) is 0 Å².